The number of nitriles is 1. The highest BCUT2D eigenvalue weighted by molar-refractivity contribution is 5.03. The zero-order valence-corrected chi connectivity index (χ0v) is 7.66. The van der Waals surface area contributed by atoms with Gasteiger partial charge in [-0.1, -0.05) is 0 Å². The quantitative estimate of drug-likeness (QED) is 0.646. The van der Waals surface area contributed by atoms with Crippen molar-refractivity contribution in [3.63, 3.8) is 0 Å². The Hall–Kier alpha value is -0.630. The molecule has 0 aromatic rings. The van der Waals surface area contributed by atoms with Crippen molar-refractivity contribution in [2.75, 3.05) is 26.4 Å². The van der Waals surface area contributed by atoms with E-state index in [-0.39, 0.29) is 6.61 Å². The summed E-state index contributed by atoms with van der Waals surface area (Å²) in [5.41, 5.74) is -0.757. The number of hydrogen-bond acceptors (Lipinski definition) is 4. The van der Waals surface area contributed by atoms with E-state index in [0.29, 0.717) is 26.2 Å². The lowest BCUT2D eigenvalue weighted by Gasteiger charge is -2.30. The minimum absolute atomic E-state index is 0.0996. The van der Waals surface area contributed by atoms with Gasteiger partial charge in [0, 0.05) is 13.2 Å². The van der Waals surface area contributed by atoms with E-state index in [1.165, 1.54) is 0 Å². The molecule has 0 bridgehead atoms. The van der Waals surface area contributed by atoms with Gasteiger partial charge in [0.25, 0.3) is 0 Å². The number of hydrogen-bond donors (Lipinski definition) is 1. The highest BCUT2D eigenvalue weighted by atomic mass is 16.5. The number of rotatable bonds is 4. The van der Waals surface area contributed by atoms with Crippen LogP contribution in [0, 0.1) is 11.3 Å². The average molecular weight is 185 g/mol. The van der Waals surface area contributed by atoms with E-state index < -0.39 is 5.60 Å². The van der Waals surface area contributed by atoms with Crippen LogP contribution >= 0.6 is 0 Å². The van der Waals surface area contributed by atoms with Crippen LogP contribution in [0.5, 0.6) is 0 Å². The number of aliphatic hydroxyl groups excluding tert-OH is 1. The molecule has 13 heavy (non-hydrogen) atoms. The van der Waals surface area contributed by atoms with Gasteiger partial charge in [-0.15, -0.1) is 0 Å². The number of ether oxygens (including phenoxy) is 2. The molecule has 1 heterocycles. The minimum Gasteiger partial charge on any atom is -0.396 e. The molecule has 1 aliphatic heterocycles. The highest BCUT2D eigenvalue weighted by Crippen LogP contribution is 2.22. The molecule has 0 radical (unpaired) electrons. The first-order valence-corrected chi connectivity index (χ1v) is 4.57. The standard InChI is InChI=1S/C9H15NO3/c10-7-9(13-6-2-4-11)3-1-5-12-8-9/h11H,1-6,8H2. The van der Waals surface area contributed by atoms with Gasteiger partial charge in [0.1, 0.15) is 6.07 Å². The molecule has 0 aromatic carbocycles. The molecule has 0 amide bonds. The maximum Gasteiger partial charge on any atom is 0.177 e. The molecule has 74 valence electrons. The fourth-order valence-electron chi connectivity index (χ4n) is 1.34. The van der Waals surface area contributed by atoms with Crippen molar-refractivity contribution in [2.24, 2.45) is 0 Å². The second-order valence-electron chi connectivity index (χ2n) is 3.19. The Kier molecular flexibility index (Phi) is 4.16. The number of nitrogens with zero attached hydrogens (tertiary/aromatic N) is 1. The molecule has 0 aliphatic carbocycles. The summed E-state index contributed by atoms with van der Waals surface area (Å²) in [6, 6.07) is 2.15. The minimum atomic E-state index is -0.757. The van der Waals surface area contributed by atoms with Gasteiger partial charge in [-0.2, -0.15) is 5.26 Å². The van der Waals surface area contributed by atoms with E-state index in [4.69, 9.17) is 19.8 Å². The van der Waals surface area contributed by atoms with Crippen LogP contribution in [0.4, 0.5) is 0 Å². The molecular weight excluding hydrogens is 170 g/mol. The third kappa shape index (κ3) is 2.96. The lowest BCUT2D eigenvalue weighted by atomic mass is 9.98. The van der Waals surface area contributed by atoms with Crippen LogP contribution in [-0.4, -0.2) is 37.1 Å². The van der Waals surface area contributed by atoms with Crippen LogP contribution in [0.3, 0.4) is 0 Å². The van der Waals surface area contributed by atoms with Crippen molar-refractivity contribution in [2.45, 2.75) is 24.9 Å². The lowest BCUT2D eigenvalue weighted by Crippen LogP contribution is -2.40. The monoisotopic (exact) mass is 185 g/mol. The largest absolute Gasteiger partial charge is 0.396 e. The van der Waals surface area contributed by atoms with Crippen molar-refractivity contribution < 1.29 is 14.6 Å². The maximum absolute atomic E-state index is 8.92. The molecule has 4 heteroatoms. The second kappa shape index (κ2) is 5.18. The van der Waals surface area contributed by atoms with E-state index in [2.05, 4.69) is 6.07 Å². The topological polar surface area (TPSA) is 62.5 Å². The zero-order chi connectivity index (χ0) is 9.57. The predicted octanol–water partition coefficient (Wildman–Crippen LogP) is 0.458. The van der Waals surface area contributed by atoms with Crippen LogP contribution < -0.4 is 0 Å². The van der Waals surface area contributed by atoms with Crippen molar-refractivity contribution in [3.8, 4) is 6.07 Å². The smallest absolute Gasteiger partial charge is 0.177 e. The Bertz CT molecular complexity index is 182. The van der Waals surface area contributed by atoms with Gasteiger partial charge in [-0.05, 0) is 19.3 Å². The van der Waals surface area contributed by atoms with Crippen molar-refractivity contribution in [3.05, 3.63) is 0 Å². The molecule has 1 rings (SSSR count). The Morgan fingerprint density at radius 1 is 1.62 bits per heavy atom. The van der Waals surface area contributed by atoms with Gasteiger partial charge in [-0.3, -0.25) is 0 Å². The van der Waals surface area contributed by atoms with Crippen LogP contribution in [0.25, 0.3) is 0 Å². The summed E-state index contributed by atoms with van der Waals surface area (Å²) in [5, 5.41) is 17.5. The molecule has 1 N–H and O–H groups in total. The fraction of sp³-hybridized carbons (Fsp3) is 0.889. The molecule has 0 aromatic heterocycles. The summed E-state index contributed by atoms with van der Waals surface area (Å²) >= 11 is 0. The van der Waals surface area contributed by atoms with Gasteiger partial charge in [0.15, 0.2) is 5.60 Å². The van der Waals surface area contributed by atoms with Crippen LogP contribution in [0.1, 0.15) is 19.3 Å². The Morgan fingerprint density at radius 3 is 3.00 bits per heavy atom. The third-order valence-electron chi connectivity index (χ3n) is 2.09. The zero-order valence-electron chi connectivity index (χ0n) is 7.66. The third-order valence-corrected chi connectivity index (χ3v) is 2.09. The van der Waals surface area contributed by atoms with E-state index in [1.807, 2.05) is 0 Å². The molecule has 1 fully saturated rings. The van der Waals surface area contributed by atoms with Crippen LogP contribution in [0.15, 0.2) is 0 Å². The first-order chi connectivity index (χ1) is 6.33. The Balaban J connectivity index is 2.35. The first kappa shape index (κ1) is 10.5. The molecule has 1 saturated heterocycles. The van der Waals surface area contributed by atoms with Crippen molar-refractivity contribution in [1.82, 2.24) is 0 Å². The van der Waals surface area contributed by atoms with E-state index in [9.17, 15) is 0 Å². The predicted molar refractivity (Wildman–Crippen MR) is 46.1 cm³/mol. The van der Waals surface area contributed by atoms with Gasteiger partial charge in [0.05, 0.1) is 13.2 Å². The summed E-state index contributed by atoms with van der Waals surface area (Å²) in [6.45, 7) is 1.59. The van der Waals surface area contributed by atoms with Crippen molar-refractivity contribution >= 4 is 0 Å². The van der Waals surface area contributed by atoms with Crippen molar-refractivity contribution in [1.29, 1.82) is 5.26 Å². The summed E-state index contributed by atoms with van der Waals surface area (Å²) in [7, 11) is 0. The van der Waals surface area contributed by atoms with Gasteiger partial charge >= 0.3 is 0 Å². The first-order valence-electron chi connectivity index (χ1n) is 4.57. The summed E-state index contributed by atoms with van der Waals surface area (Å²) in [6.07, 6.45) is 2.17. The molecule has 4 nitrogen and oxygen atoms in total. The summed E-state index contributed by atoms with van der Waals surface area (Å²) < 4.78 is 10.6. The van der Waals surface area contributed by atoms with Gasteiger partial charge in [-0.25, -0.2) is 0 Å². The molecule has 1 unspecified atom stereocenters. The van der Waals surface area contributed by atoms with Gasteiger partial charge in [0.2, 0.25) is 0 Å². The normalized spacial score (nSPS) is 28.3. The Morgan fingerprint density at radius 2 is 2.46 bits per heavy atom. The Labute approximate surface area is 78.1 Å². The lowest BCUT2D eigenvalue weighted by molar-refractivity contribution is -0.0963. The van der Waals surface area contributed by atoms with Crippen LogP contribution in [-0.2, 0) is 9.47 Å². The molecule has 0 spiro atoms. The fourth-order valence-corrected chi connectivity index (χ4v) is 1.34. The van der Waals surface area contributed by atoms with Crippen LogP contribution in [0.2, 0.25) is 0 Å². The molecule has 0 saturated carbocycles. The number of aliphatic hydroxyl groups is 1. The summed E-state index contributed by atoms with van der Waals surface area (Å²) in [4.78, 5) is 0. The molecule has 1 atom stereocenters. The van der Waals surface area contributed by atoms with E-state index in [0.717, 1.165) is 12.8 Å². The average Bonchev–Trinajstić information content (AvgIpc) is 2.20. The molecular formula is C9H15NO3. The summed E-state index contributed by atoms with van der Waals surface area (Å²) in [5.74, 6) is 0. The highest BCUT2D eigenvalue weighted by Gasteiger charge is 2.33. The maximum atomic E-state index is 8.92. The van der Waals surface area contributed by atoms with Gasteiger partial charge < -0.3 is 14.6 Å². The SMILES string of the molecule is N#CC1(OCCCO)CCCOC1. The second-order valence-corrected chi connectivity index (χ2v) is 3.19. The van der Waals surface area contributed by atoms with E-state index >= 15 is 0 Å². The van der Waals surface area contributed by atoms with E-state index in [1.54, 1.807) is 0 Å². The molecule has 1 aliphatic rings.